The van der Waals surface area contributed by atoms with Gasteiger partial charge in [0.1, 0.15) is 17.9 Å². The Labute approximate surface area is 221 Å². The van der Waals surface area contributed by atoms with E-state index in [1.54, 1.807) is 13.1 Å². The maximum absolute atomic E-state index is 12.9. The molecule has 0 saturated carbocycles. The van der Waals surface area contributed by atoms with E-state index in [-0.39, 0.29) is 42.4 Å². The molecule has 0 fully saturated rings. The Morgan fingerprint density at radius 3 is 2.47 bits per heavy atom. The van der Waals surface area contributed by atoms with Crippen LogP contribution in [0.5, 0.6) is 0 Å². The molecule has 12 nitrogen and oxygen atoms in total. The van der Waals surface area contributed by atoms with Crippen molar-refractivity contribution in [3.05, 3.63) is 58.6 Å². The lowest BCUT2D eigenvalue weighted by Gasteiger charge is -2.19. The number of amides is 2. The second kappa shape index (κ2) is 14.5. The highest BCUT2D eigenvalue weighted by Crippen LogP contribution is 2.07. The summed E-state index contributed by atoms with van der Waals surface area (Å²) in [7, 11) is 1.65. The normalized spacial score (nSPS) is 12.2. The Kier molecular flexibility index (Phi) is 11.5. The van der Waals surface area contributed by atoms with Crippen LogP contribution in [0.3, 0.4) is 0 Å². The molecule has 2 aromatic heterocycles. The van der Waals surface area contributed by atoms with Gasteiger partial charge in [-0.2, -0.15) is 0 Å². The van der Waals surface area contributed by atoms with Gasteiger partial charge in [0, 0.05) is 38.3 Å². The van der Waals surface area contributed by atoms with Gasteiger partial charge in [-0.15, -0.1) is 0 Å². The number of nitrogens with zero attached hydrogens (tertiary/aromatic N) is 3. The van der Waals surface area contributed by atoms with Gasteiger partial charge in [0.15, 0.2) is 5.78 Å². The largest absolute Gasteiger partial charge is 0.478 e. The number of carbonyl (C=O) groups excluding carboxylic acids is 3. The molecule has 2 amide bonds. The van der Waals surface area contributed by atoms with Crippen LogP contribution >= 0.6 is 0 Å². The van der Waals surface area contributed by atoms with Gasteiger partial charge >= 0.3 is 5.97 Å². The summed E-state index contributed by atoms with van der Waals surface area (Å²) in [5.74, 6) is -2.10. The minimum absolute atomic E-state index is 0.00454. The smallest absolute Gasteiger partial charge is 0.331 e. The molecule has 2 rings (SSSR count). The van der Waals surface area contributed by atoms with Crippen molar-refractivity contribution < 1.29 is 24.3 Å². The molecule has 0 aliphatic carbocycles. The average molecular weight is 529 g/mol. The van der Waals surface area contributed by atoms with Crippen molar-refractivity contribution in [3.63, 3.8) is 0 Å². The summed E-state index contributed by atoms with van der Waals surface area (Å²) in [5.41, 5.74) is -0.117. The molecule has 0 spiro atoms. The fraction of sp³-hybridized carbons (Fsp3) is 0.462. The van der Waals surface area contributed by atoms with E-state index in [1.807, 2.05) is 0 Å². The predicted octanol–water partition coefficient (Wildman–Crippen LogP) is 1.33. The monoisotopic (exact) mass is 528 g/mol. The van der Waals surface area contributed by atoms with Crippen LogP contribution in [0.25, 0.3) is 0 Å². The van der Waals surface area contributed by atoms with E-state index in [2.05, 4.69) is 34.8 Å². The van der Waals surface area contributed by atoms with Gasteiger partial charge in [0.25, 0.3) is 11.5 Å². The second-order valence-corrected chi connectivity index (χ2v) is 9.09. The quantitative estimate of drug-likeness (QED) is 0.252. The van der Waals surface area contributed by atoms with Crippen LogP contribution in [0, 0.1) is 5.92 Å². The first-order valence-corrected chi connectivity index (χ1v) is 12.5. The molecule has 12 heteroatoms. The van der Waals surface area contributed by atoms with Crippen molar-refractivity contribution in [1.29, 1.82) is 0 Å². The number of hydrogen-bond acceptors (Lipinski definition) is 7. The maximum Gasteiger partial charge on any atom is 0.331 e. The van der Waals surface area contributed by atoms with E-state index < -0.39 is 29.3 Å². The van der Waals surface area contributed by atoms with Crippen molar-refractivity contribution in [1.82, 2.24) is 24.8 Å². The van der Waals surface area contributed by atoms with Crippen LogP contribution < -0.4 is 21.5 Å². The lowest BCUT2D eigenvalue weighted by atomic mass is 10.0. The minimum Gasteiger partial charge on any atom is -0.478 e. The molecule has 2 heterocycles. The molecule has 206 valence electrons. The van der Waals surface area contributed by atoms with Crippen LogP contribution in [0.2, 0.25) is 0 Å². The third-order valence-electron chi connectivity index (χ3n) is 6.16. The first-order chi connectivity index (χ1) is 18.0. The molecule has 2 aromatic rings. The highest BCUT2D eigenvalue weighted by Gasteiger charge is 2.20. The van der Waals surface area contributed by atoms with E-state index >= 15 is 0 Å². The number of allylic oxidation sites excluding steroid dienone is 1. The fourth-order valence-electron chi connectivity index (χ4n) is 3.69. The molecule has 0 bridgehead atoms. The van der Waals surface area contributed by atoms with E-state index in [0.717, 1.165) is 18.9 Å². The Bertz CT molecular complexity index is 1230. The van der Waals surface area contributed by atoms with Gasteiger partial charge in [0.05, 0.1) is 18.6 Å². The Morgan fingerprint density at radius 1 is 1.16 bits per heavy atom. The first kappa shape index (κ1) is 30.0. The van der Waals surface area contributed by atoms with Crippen molar-refractivity contribution in [2.24, 2.45) is 13.0 Å². The molecule has 0 radical (unpaired) electrons. The van der Waals surface area contributed by atoms with E-state index in [9.17, 15) is 24.0 Å². The lowest BCUT2D eigenvalue weighted by Crippen LogP contribution is -2.42. The SMILES string of the molecule is CCC(CC)CNC(=O)Cn1cccc(NCC(CC(=O)/C=C(\C)C(=O)O)NC(=O)c2cncn2C)c1=O. The molecule has 0 saturated heterocycles. The molecule has 4 N–H and O–H groups in total. The molecular weight excluding hydrogens is 492 g/mol. The van der Waals surface area contributed by atoms with E-state index in [0.29, 0.717) is 12.5 Å². The van der Waals surface area contributed by atoms with Crippen LogP contribution in [0.1, 0.15) is 50.5 Å². The molecule has 0 aliphatic heterocycles. The minimum atomic E-state index is -1.22. The number of ketones is 1. The lowest BCUT2D eigenvalue weighted by molar-refractivity contribution is -0.133. The number of carbonyl (C=O) groups is 4. The fourth-order valence-corrected chi connectivity index (χ4v) is 3.69. The number of aryl methyl sites for hydroxylation is 1. The van der Waals surface area contributed by atoms with Crippen LogP contribution in [0.15, 0.2) is 47.3 Å². The summed E-state index contributed by atoms with van der Waals surface area (Å²) in [4.78, 5) is 65.5. The highest BCUT2D eigenvalue weighted by atomic mass is 16.4. The number of pyridine rings is 1. The summed E-state index contributed by atoms with van der Waals surface area (Å²) < 4.78 is 2.79. The van der Waals surface area contributed by atoms with Crippen molar-refractivity contribution in [3.8, 4) is 0 Å². The number of aromatic nitrogens is 3. The maximum atomic E-state index is 12.9. The zero-order valence-corrected chi connectivity index (χ0v) is 22.2. The first-order valence-electron chi connectivity index (χ1n) is 12.5. The van der Waals surface area contributed by atoms with E-state index in [1.165, 1.54) is 40.8 Å². The number of rotatable bonds is 15. The standard InChI is InChI=1S/C26H36N6O6/c1-5-18(6-2)12-29-23(34)15-32-9-7-8-21(25(32)36)28-13-19(11-20(33)10-17(3)26(37)38)30-24(35)22-14-27-16-31(22)4/h7-10,14,16,18-19,28H,5-6,11-13,15H2,1-4H3,(H,29,34)(H,30,35)(H,37,38)/b17-10+. The number of carboxylic acid groups (broad SMARTS) is 1. The Hall–Kier alpha value is -4.22. The van der Waals surface area contributed by atoms with Crippen molar-refractivity contribution in [2.45, 2.75) is 52.6 Å². The average Bonchev–Trinajstić information content (AvgIpc) is 3.30. The number of imidazole rings is 1. The van der Waals surface area contributed by atoms with Gasteiger partial charge in [0.2, 0.25) is 5.91 Å². The van der Waals surface area contributed by atoms with Gasteiger partial charge in [-0.05, 0) is 31.1 Å². The topological polar surface area (TPSA) is 164 Å². The number of carboxylic acids is 1. The third-order valence-corrected chi connectivity index (χ3v) is 6.16. The van der Waals surface area contributed by atoms with Gasteiger partial charge in [-0.1, -0.05) is 26.7 Å². The van der Waals surface area contributed by atoms with Crippen molar-refractivity contribution in [2.75, 3.05) is 18.4 Å². The number of nitrogens with one attached hydrogen (secondary N) is 3. The Balaban J connectivity index is 2.13. The summed E-state index contributed by atoms with van der Waals surface area (Å²) in [6.45, 7) is 5.81. The number of aliphatic carboxylic acids is 1. The van der Waals surface area contributed by atoms with Gasteiger partial charge in [-0.3, -0.25) is 19.2 Å². The van der Waals surface area contributed by atoms with Gasteiger partial charge in [-0.25, -0.2) is 9.78 Å². The molecule has 38 heavy (non-hydrogen) atoms. The van der Waals surface area contributed by atoms with Gasteiger partial charge < -0.3 is 30.2 Å². The molecule has 0 aromatic carbocycles. The molecular formula is C26H36N6O6. The van der Waals surface area contributed by atoms with Crippen molar-refractivity contribution >= 4 is 29.3 Å². The van der Waals surface area contributed by atoms with Crippen LogP contribution in [-0.4, -0.2) is 61.9 Å². The second-order valence-electron chi connectivity index (χ2n) is 9.09. The molecule has 0 aliphatic rings. The van der Waals surface area contributed by atoms with Crippen LogP contribution in [-0.2, 0) is 28.0 Å². The summed E-state index contributed by atoms with van der Waals surface area (Å²) in [6, 6.07) is 2.38. The molecule has 1 atom stereocenters. The number of hydrogen-bond donors (Lipinski definition) is 4. The third kappa shape index (κ3) is 9.02. The summed E-state index contributed by atoms with van der Waals surface area (Å²) >= 11 is 0. The van der Waals surface area contributed by atoms with Crippen LogP contribution in [0.4, 0.5) is 5.69 Å². The zero-order valence-electron chi connectivity index (χ0n) is 22.2. The Morgan fingerprint density at radius 2 is 1.87 bits per heavy atom. The summed E-state index contributed by atoms with van der Waals surface area (Å²) in [6.07, 6.45) is 7.03. The predicted molar refractivity (Wildman–Crippen MR) is 142 cm³/mol. The molecule has 1 unspecified atom stereocenters. The number of anilines is 1. The highest BCUT2D eigenvalue weighted by molar-refractivity contribution is 5.99. The zero-order chi connectivity index (χ0) is 28.2. The summed E-state index contributed by atoms with van der Waals surface area (Å²) in [5, 5.41) is 17.6. The van der Waals surface area contributed by atoms with E-state index in [4.69, 9.17) is 5.11 Å².